The van der Waals surface area contributed by atoms with Gasteiger partial charge in [-0.15, -0.1) is 0 Å². The molecule has 0 saturated carbocycles. The first kappa shape index (κ1) is 15.7. The van der Waals surface area contributed by atoms with Crippen molar-refractivity contribution < 1.29 is 17.9 Å². The first-order valence-corrected chi connectivity index (χ1v) is 8.64. The number of carbonyl (C=O) groups is 1. The number of hydrogen-bond acceptors (Lipinski definition) is 5. The minimum Gasteiger partial charge on any atom is -0.377 e. The second kappa shape index (κ2) is 6.84. The molecule has 2 aliphatic heterocycles. The Morgan fingerprint density at radius 3 is 2.70 bits per heavy atom. The van der Waals surface area contributed by atoms with Gasteiger partial charge in [-0.2, -0.15) is 4.31 Å². The zero-order chi connectivity index (χ0) is 14.6. The van der Waals surface area contributed by atoms with Crippen molar-refractivity contribution in [2.45, 2.75) is 18.9 Å². The van der Waals surface area contributed by atoms with Crippen molar-refractivity contribution >= 4 is 15.9 Å². The van der Waals surface area contributed by atoms with Crippen molar-refractivity contribution in [3.8, 4) is 0 Å². The number of piperazine rings is 1. The molecular weight excluding hydrogens is 282 g/mol. The van der Waals surface area contributed by atoms with Crippen LogP contribution in [-0.4, -0.2) is 81.8 Å². The second-order valence-electron chi connectivity index (χ2n) is 5.30. The summed E-state index contributed by atoms with van der Waals surface area (Å²) in [5.74, 6) is -0.164. The molecule has 0 bridgehead atoms. The lowest BCUT2D eigenvalue weighted by atomic mass is 10.3. The highest BCUT2D eigenvalue weighted by molar-refractivity contribution is 7.89. The van der Waals surface area contributed by atoms with Gasteiger partial charge < -0.3 is 15.0 Å². The van der Waals surface area contributed by atoms with Gasteiger partial charge in [-0.3, -0.25) is 4.79 Å². The summed E-state index contributed by atoms with van der Waals surface area (Å²) in [7, 11) is -1.97. The maximum Gasteiger partial charge on any atom is 0.237 e. The Hall–Kier alpha value is -0.700. The first-order chi connectivity index (χ1) is 9.49. The maximum absolute atomic E-state index is 12.2. The molecule has 1 amide bonds. The summed E-state index contributed by atoms with van der Waals surface area (Å²) in [4.78, 5) is 13.8. The van der Waals surface area contributed by atoms with Crippen LogP contribution < -0.4 is 5.32 Å². The van der Waals surface area contributed by atoms with E-state index in [1.165, 1.54) is 7.05 Å². The minimum absolute atomic E-state index is 0.0294. The van der Waals surface area contributed by atoms with Crippen molar-refractivity contribution in [3.63, 3.8) is 0 Å². The average Bonchev–Trinajstić information content (AvgIpc) is 2.91. The number of nitrogens with zero attached hydrogens (tertiary/aromatic N) is 2. The molecule has 116 valence electrons. The summed E-state index contributed by atoms with van der Waals surface area (Å²) in [6, 6.07) is 0. The molecule has 1 N–H and O–H groups in total. The Labute approximate surface area is 120 Å². The van der Waals surface area contributed by atoms with Gasteiger partial charge in [-0.05, 0) is 12.8 Å². The Morgan fingerprint density at radius 1 is 1.40 bits per heavy atom. The van der Waals surface area contributed by atoms with Crippen molar-refractivity contribution in [1.82, 2.24) is 14.5 Å². The molecule has 2 heterocycles. The lowest BCUT2D eigenvalue weighted by molar-refractivity contribution is -0.131. The highest BCUT2D eigenvalue weighted by Gasteiger charge is 2.29. The molecule has 0 aliphatic carbocycles. The van der Waals surface area contributed by atoms with E-state index in [2.05, 4.69) is 5.32 Å². The number of nitrogens with one attached hydrogen (secondary N) is 1. The van der Waals surface area contributed by atoms with Crippen LogP contribution in [0.15, 0.2) is 0 Å². The molecule has 7 nitrogen and oxygen atoms in total. The highest BCUT2D eigenvalue weighted by Crippen LogP contribution is 2.15. The summed E-state index contributed by atoms with van der Waals surface area (Å²) in [6.45, 7) is 3.34. The lowest BCUT2D eigenvalue weighted by Crippen LogP contribution is -2.50. The van der Waals surface area contributed by atoms with Crippen LogP contribution in [0.1, 0.15) is 12.8 Å². The van der Waals surface area contributed by atoms with Gasteiger partial charge in [0.1, 0.15) is 0 Å². The third kappa shape index (κ3) is 4.15. The van der Waals surface area contributed by atoms with E-state index in [9.17, 15) is 13.2 Å². The van der Waals surface area contributed by atoms with Crippen LogP contribution in [0, 0.1) is 0 Å². The summed E-state index contributed by atoms with van der Waals surface area (Å²) >= 11 is 0. The van der Waals surface area contributed by atoms with Crippen LogP contribution >= 0.6 is 0 Å². The Balaban J connectivity index is 1.85. The summed E-state index contributed by atoms with van der Waals surface area (Å²) < 4.78 is 30.8. The third-order valence-corrected chi connectivity index (χ3v) is 5.59. The van der Waals surface area contributed by atoms with E-state index in [0.717, 1.165) is 30.2 Å². The number of sulfonamides is 1. The fourth-order valence-electron chi connectivity index (χ4n) is 2.44. The van der Waals surface area contributed by atoms with Gasteiger partial charge in [0, 0.05) is 39.8 Å². The summed E-state index contributed by atoms with van der Waals surface area (Å²) in [5, 5.41) is 3.16. The van der Waals surface area contributed by atoms with E-state index < -0.39 is 10.0 Å². The lowest BCUT2D eigenvalue weighted by Gasteiger charge is -2.29. The number of carbonyl (C=O) groups excluding carboxylic acids is 1. The first-order valence-electron chi connectivity index (χ1n) is 7.03. The Kier molecular flexibility index (Phi) is 5.36. The van der Waals surface area contributed by atoms with Crippen LogP contribution in [0.5, 0.6) is 0 Å². The molecule has 1 atom stereocenters. The van der Waals surface area contributed by atoms with E-state index in [1.54, 1.807) is 4.90 Å². The molecule has 0 aromatic heterocycles. The predicted molar refractivity (Wildman–Crippen MR) is 74.8 cm³/mol. The van der Waals surface area contributed by atoms with Gasteiger partial charge in [-0.1, -0.05) is 0 Å². The molecular formula is C12H23N3O4S. The molecule has 0 aromatic rings. The molecule has 8 heteroatoms. The van der Waals surface area contributed by atoms with E-state index in [4.69, 9.17) is 4.74 Å². The molecule has 0 radical (unpaired) electrons. The number of hydrogen-bond donors (Lipinski definition) is 1. The molecule has 2 fully saturated rings. The monoisotopic (exact) mass is 305 g/mol. The Morgan fingerprint density at radius 2 is 2.10 bits per heavy atom. The fourth-order valence-corrected chi connectivity index (χ4v) is 3.74. The number of ether oxygens (including phenoxy) is 1. The van der Waals surface area contributed by atoms with Crippen molar-refractivity contribution in [2.24, 2.45) is 0 Å². The molecule has 20 heavy (non-hydrogen) atoms. The summed E-state index contributed by atoms with van der Waals surface area (Å²) in [5.41, 5.74) is 0. The maximum atomic E-state index is 12.2. The van der Waals surface area contributed by atoms with Gasteiger partial charge in [-0.25, -0.2) is 8.42 Å². The van der Waals surface area contributed by atoms with E-state index in [1.807, 2.05) is 0 Å². The van der Waals surface area contributed by atoms with Crippen molar-refractivity contribution in [2.75, 3.05) is 52.1 Å². The van der Waals surface area contributed by atoms with Gasteiger partial charge >= 0.3 is 0 Å². The molecule has 0 aromatic carbocycles. The van der Waals surface area contributed by atoms with Crippen molar-refractivity contribution in [1.29, 1.82) is 0 Å². The fraction of sp³-hybridized carbons (Fsp3) is 0.917. The minimum atomic E-state index is -3.43. The second-order valence-corrected chi connectivity index (χ2v) is 7.42. The largest absolute Gasteiger partial charge is 0.377 e. The molecule has 2 rings (SSSR count). The van der Waals surface area contributed by atoms with E-state index >= 15 is 0 Å². The average molecular weight is 305 g/mol. The molecule has 0 spiro atoms. The van der Waals surface area contributed by atoms with E-state index in [0.29, 0.717) is 19.7 Å². The van der Waals surface area contributed by atoms with Gasteiger partial charge in [0.15, 0.2) is 0 Å². The van der Waals surface area contributed by atoms with Crippen LogP contribution in [0.4, 0.5) is 0 Å². The zero-order valence-corrected chi connectivity index (χ0v) is 12.7. The summed E-state index contributed by atoms with van der Waals surface area (Å²) in [6.07, 6.45) is 1.46. The standard InChI is InChI=1S/C12H23N3O4S/c1-14(9-12(16)15-6-4-13-5-7-15)20(17,18)10-11-3-2-8-19-11/h11,13H,2-10H2,1H3. The smallest absolute Gasteiger partial charge is 0.237 e. The normalized spacial score (nSPS) is 24.3. The van der Waals surface area contributed by atoms with Crippen LogP contribution in [0.25, 0.3) is 0 Å². The number of amides is 1. The third-order valence-electron chi connectivity index (χ3n) is 3.72. The molecule has 1 unspecified atom stereocenters. The topological polar surface area (TPSA) is 79.0 Å². The van der Waals surface area contributed by atoms with Gasteiger partial charge in [0.2, 0.25) is 15.9 Å². The van der Waals surface area contributed by atoms with Crippen LogP contribution in [0.3, 0.4) is 0 Å². The predicted octanol–water partition coefficient (Wildman–Crippen LogP) is -1.14. The van der Waals surface area contributed by atoms with Crippen molar-refractivity contribution in [3.05, 3.63) is 0 Å². The number of likely N-dealkylation sites (N-methyl/N-ethyl adjacent to an activating group) is 1. The van der Waals surface area contributed by atoms with Gasteiger partial charge in [0.05, 0.1) is 18.4 Å². The van der Waals surface area contributed by atoms with E-state index in [-0.39, 0.29) is 24.3 Å². The van der Waals surface area contributed by atoms with Crippen LogP contribution in [0.2, 0.25) is 0 Å². The molecule has 2 saturated heterocycles. The number of rotatable bonds is 5. The molecule has 2 aliphatic rings. The Bertz CT molecular complexity index is 428. The SMILES string of the molecule is CN(CC(=O)N1CCNCC1)S(=O)(=O)CC1CCCO1. The van der Waals surface area contributed by atoms with Gasteiger partial charge in [0.25, 0.3) is 0 Å². The van der Waals surface area contributed by atoms with Crippen LogP contribution in [-0.2, 0) is 19.6 Å². The highest BCUT2D eigenvalue weighted by atomic mass is 32.2. The zero-order valence-electron chi connectivity index (χ0n) is 11.9. The quantitative estimate of drug-likeness (QED) is 0.694.